The van der Waals surface area contributed by atoms with Crippen LogP contribution in [-0.4, -0.2) is 9.79 Å². The first-order chi connectivity index (χ1) is 16.1. The summed E-state index contributed by atoms with van der Waals surface area (Å²) in [5.74, 6) is 0. The highest BCUT2D eigenvalue weighted by molar-refractivity contribution is 7.39. The lowest BCUT2D eigenvalue weighted by Crippen LogP contribution is -2.34. The Kier molecular flexibility index (Phi) is 9.93. The van der Waals surface area contributed by atoms with Crippen molar-refractivity contribution in [3.8, 4) is 0 Å². The smallest absolute Gasteiger partial charge is 0.328 e. The van der Waals surface area contributed by atoms with Crippen LogP contribution in [0.2, 0.25) is 0 Å². The molecule has 194 valence electrons. The van der Waals surface area contributed by atoms with Crippen LogP contribution in [0.4, 0.5) is 0 Å². The zero-order chi connectivity index (χ0) is 26.6. The Morgan fingerprint density at radius 1 is 0.800 bits per heavy atom. The van der Waals surface area contributed by atoms with Crippen molar-refractivity contribution in [2.24, 2.45) is 0 Å². The summed E-state index contributed by atoms with van der Waals surface area (Å²) in [5, 5.41) is 0. The minimum Gasteiger partial charge on any atom is -0.328 e. The van der Waals surface area contributed by atoms with Gasteiger partial charge < -0.3 is 9.79 Å². The van der Waals surface area contributed by atoms with Gasteiger partial charge in [-0.15, -0.1) is 0 Å². The molecule has 0 radical (unpaired) electrons. The predicted octanol–water partition coefficient (Wildman–Crippen LogP) is 8.90. The fraction of sp³-hybridized carbons (Fsp3) is 0.548. The number of rotatable bonds is 10. The van der Waals surface area contributed by atoms with E-state index in [-0.39, 0.29) is 10.8 Å². The lowest BCUT2D eigenvalue weighted by molar-refractivity contribution is 0.121. The van der Waals surface area contributed by atoms with Crippen molar-refractivity contribution in [3.05, 3.63) is 81.9 Å². The SMILES string of the molecule is C=C(CCCCCC)C(OP(O)O)(c1ccc(C(C)(C)C)cc1C)c1ccc(C(C)(C)C)cc1C. The number of aryl methyl sites for hydroxylation is 2. The second-order valence-electron chi connectivity index (χ2n) is 12.0. The molecule has 0 aromatic heterocycles. The van der Waals surface area contributed by atoms with E-state index in [9.17, 15) is 9.79 Å². The van der Waals surface area contributed by atoms with Gasteiger partial charge in [-0.25, -0.2) is 0 Å². The highest BCUT2D eigenvalue weighted by Gasteiger charge is 2.43. The Morgan fingerprint density at radius 2 is 1.26 bits per heavy atom. The molecule has 0 aliphatic carbocycles. The summed E-state index contributed by atoms with van der Waals surface area (Å²) in [4.78, 5) is 20.6. The largest absolute Gasteiger partial charge is 0.328 e. The molecule has 0 unspecified atom stereocenters. The quantitative estimate of drug-likeness (QED) is 0.195. The molecule has 4 heteroatoms. The van der Waals surface area contributed by atoms with Crippen molar-refractivity contribution in [3.63, 3.8) is 0 Å². The Morgan fingerprint density at radius 3 is 1.60 bits per heavy atom. The molecule has 0 bridgehead atoms. The van der Waals surface area contributed by atoms with E-state index in [0.29, 0.717) is 0 Å². The zero-order valence-corrected chi connectivity index (χ0v) is 24.4. The van der Waals surface area contributed by atoms with Crippen molar-refractivity contribution in [1.82, 2.24) is 0 Å². The molecule has 0 spiro atoms. The molecule has 0 heterocycles. The van der Waals surface area contributed by atoms with Gasteiger partial charge in [0.15, 0.2) is 0 Å². The van der Waals surface area contributed by atoms with Crippen molar-refractivity contribution in [2.75, 3.05) is 0 Å². The van der Waals surface area contributed by atoms with E-state index < -0.39 is 14.2 Å². The summed E-state index contributed by atoms with van der Waals surface area (Å²) in [7, 11) is -2.64. The molecule has 0 atom stereocenters. The summed E-state index contributed by atoms with van der Waals surface area (Å²) in [6.07, 6.45) is 5.19. The van der Waals surface area contributed by atoms with Crippen LogP contribution < -0.4 is 0 Å². The van der Waals surface area contributed by atoms with E-state index >= 15 is 0 Å². The monoisotopic (exact) mass is 498 g/mol. The molecule has 0 aliphatic rings. The van der Waals surface area contributed by atoms with Crippen LogP contribution in [0.25, 0.3) is 0 Å². The second kappa shape index (κ2) is 11.7. The van der Waals surface area contributed by atoms with Crippen LogP contribution in [0.15, 0.2) is 48.6 Å². The average Bonchev–Trinajstić information content (AvgIpc) is 2.73. The first kappa shape index (κ1) is 29.7. The maximum absolute atomic E-state index is 10.3. The van der Waals surface area contributed by atoms with Gasteiger partial charge in [-0.2, -0.15) is 0 Å². The van der Waals surface area contributed by atoms with Crippen LogP contribution in [0.5, 0.6) is 0 Å². The Labute approximate surface area is 215 Å². The van der Waals surface area contributed by atoms with Gasteiger partial charge >= 0.3 is 8.60 Å². The van der Waals surface area contributed by atoms with E-state index in [0.717, 1.165) is 53.5 Å². The molecule has 0 aliphatic heterocycles. The standard InChI is InChI=1S/C31H47O3P/c1-11-12-13-14-15-24(4)31(34-35(32)33,27-18-16-25(20-22(27)2)29(5,6)7)28-19-17-26(21-23(28)3)30(8,9)10/h16-21,32-33H,4,11-15H2,1-3,5-10H3. The van der Waals surface area contributed by atoms with Gasteiger partial charge in [-0.05, 0) is 76.5 Å². The van der Waals surface area contributed by atoms with Crippen molar-refractivity contribution >= 4 is 8.60 Å². The second-order valence-corrected chi connectivity index (χ2v) is 12.7. The molecule has 0 saturated carbocycles. The third-order valence-corrected chi connectivity index (χ3v) is 7.43. The topological polar surface area (TPSA) is 49.7 Å². The van der Waals surface area contributed by atoms with Gasteiger partial charge in [-0.1, -0.05) is 111 Å². The molecule has 2 aromatic rings. The van der Waals surface area contributed by atoms with Crippen molar-refractivity contribution < 1.29 is 14.3 Å². The van der Waals surface area contributed by atoms with Gasteiger partial charge in [0.25, 0.3) is 0 Å². The van der Waals surface area contributed by atoms with Gasteiger partial charge in [-0.3, -0.25) is 4.52 Å². The van der Waals surface area contributed by atoms with Gasteiger partial charge in [0.05, 0.1) is 0 Å². The number of unbranched alkanes of at least 4 members (excludes halogenated alkanes) is 3. The fourth-order valence-corrected chi connectivity index (χ4v) is 5.37. The maximum Gasteiger partial charge on any atom is 0.328 e. The summed E-state index contributed by atoms with van der Waals surface area (Å²) in [6, 6.07) is 12.9. The van der Waals surface area contributed by atoms with Crippen LogP contribution >= 0.6 is 8.60 Å². The highest BCUT2D eigenvalue weighted by Crippen LogP contribution is 2.51. The minimum absolute atomic E-state index is 0.00875. The minimum atomic E-state index is -2.64. The van der Waals surface area contributed by atoms with E-state index in [1.165, 1.54) is 17.5 Å². The van der Waals surface area contributed by atoms with Crippen LogP contribution in [-0.2, 0) is 21.0 Å². The van der Waals surface area contributed by atoms with E-state index in [1.807, 2.05) is 0 Å². The maximum atomic E-state index is 10.3. The Balaban J connectivity index is 2.80. The van der Waals surface area contributed by atoms with E-state index in [2.05, 4.69) is 105 Å². The summed E-state index contributed by atoms with van der Waals surface area (Å²) in [6.45, 7) is 24.1. The third kappa shape index (κ3) is 7.04. The van der Waals surface area contributed by atoms with E-state index in [4.69, 9.17) is 4.52 Å². The molecule has 35 heavy (non-hydrogen) atoms. The predicted molar refractivity (Wildman–Crippen MR) is 151 cm³/mol. The first-order valence-corrected chi connectivity index (χ1v) is 14.1. The molecule has 2 N–H and O–H groups in total. The molecule has 0 fully saturated rings. The van der Waals surface area contributed by atoms with E-state index in [1.54, 1.807) is 0 Å². The first-order valence-electron chi connectivity index (χ1n) is 12.9. The van der Waals surface area contributed by atoms with Crippen molar-refractivity contribution in [1.29, 1.82) is 0 Å². The lowest BCUT2D eigenvalue weighted by atomic mass is 9.73. The van der Waals surface area contributed by atoms with Crippen LogP contribution in [0.1, 0.15) is 114 Å². The van der Waals surface area contributed by atoms with Crippen LogP contribution in [0, 0.1) is 13.8 Å². The zero-order valence-electron chi connectivity index (χ0n) is 23.5. The van der Waals surface area contributed by atoms with Gasteiger partial charge in [0.1, 0.15) is 5.60 Å². The Bertz CT molecular complexity index is 945. The molecule has 0 amide bonds. The Hall–Kier alpha value is -1.51. The van der Waals surface area contributed by atoms with Crippen molar-refractivity contribution in [2.45, 2.75) is 111 Å². The number of hydrogen-bond donors (Lipinski definition) is 2. The molecular weight excluding hydrogens is 451 g/mol. The number of hydrogen-bond acceptors (Lipinski definition) is 3. The summed E-state index contributed by atoms with van der Waals surface area (Å²) in [5.41, 5.74) is 6.18. The van der Waals surface area contributed by atoms with Crippen LogP contribution in [0.3, 0.4) is 0 Å². The molecule has 0 saturated heterocycles. The highest BCUT2D eigenvalue weighted by atomic mass is 31.2. The fourth-order valence-electron chi connectivity index (χ4n) is 4.80. The molecular formula is C31H47O3P. The van der Waals surface area contributed by atoms with Gasteiger partial charge in [0, 0.05) is 0 Å². The molecule has 2 aromatic carbocycles. The third-order valence-electron chi connectivity index (χ3n) is 6.99. The average molecular weight is 499 g/mol. The summed E-state index contributed by atoms with van der Waals surface area (Å²) >= 11 is 0. The molecule has 2 rings (SSSR count). The number of benzene rings is 2. The normalized spacial score (nSPS) is 12.9. The molecule has 3 nitrogen and oxygen atoms in total. The lowest BCUT2D eigenvalue weighted by Gasteiger charge is -2.40. The summed E-state index contributed by atoms with van der Waals surface area (Å²) < 4.78 is 6.22. The van der Waals surface area contributed by atoms with Gasteiger partial charge in [0.2, 0.25) is 0 Å².